The van der Waals surface area contributed by atoms with E-state index in [1.54, 1.807) is 4.90 Å². The summed E-state index contributed by atoms with van der Waals surface area (Å²) in [5, 5.41) is 6.31. The zero-order valence-corrected chi connectivity index (χ0v) is 14.4. The number of carbonyl (C=O) groups excluding carboxylic acids is 1. The molecule has 2 aliphatic rings. The number of nitrogens with zero attached hydrogens (tertiary/aromatic N) is 1. The fraction of sp³-hybridized carbons (Fsp3) is 0.350. The van der Waals surface area contributed by atoms with Gasteiger partial charge in [-0.15, -0.1) is 0 Å². The molecule has 2 amide bonds. The summed E-state index contributed by atoms with van der Waals surface area (Å²) >= 11 is 0. The van der Waals surface area contributed by atoms with E-state index in [1.807, 2.05) is 31.3 Å². The Morgan fingerprint density at radius 3 is 2.96 bits per heavy atom. The molecule has 1 unspecified atom stereocenters. The van der Waals surface area contributed by atoms with Gasteiger partial charge in [0.15, 0.2) is 0 Å². The van der Waals surface area contributed by atoms with Crippen LogP contribution < -0.4 is 15.4 Å². The second kappa shape index (κ2) is 6.76. The number of hydrogen-bond acceptors (Lipinski definition) is 3. The van der Waals surface area contributed by atoms with Crippen LogP contribution in [0.2, 0.25) is 0 Å². The highest BCUT2D eigenvalue weighted by Crippen LogP contribution is 2.31. The molecule has 0 aliphatic carbocycles. The summed E-state index contributed by atoms with van der Waals surface area (Å²) in [5.41, 5.74) is 4.31. The van der Waals surface area contributed by atoms with Gasteiger partial charge < -0.3 is 20.3 Å². The topological polar surface area (TPSA) is 53.6 Å². The molecule has 1 fully saturated rings. The van der Waals surface area contributed by atoms with Crippen molar-refractivity contribution in [2.24, 2.45) is 0 Å². The molecular formula is C20H23N3O2. The van der Waals surface area contributed by atoms with Crippen molar-refractivity contribution in [2.45, 2.75) is 18.9 Å². The molecule has 2 aromatic carbocycles. The van der Waals surface area contributed by atoms with Gasteiger partial charge in [-0.05, 0) is 53.9 Å². The Hall–Kier alpha value is -2.53. The standard InChI is InChI=1S/C20H23N3O2/c1-23(18-7-9-21-13-18)20(24)22-17-4-2-3-14(12-17)15-5-6-19-16(11-15)8-10-25-19/h2-6,11-12,18,21H,7-10,13H2,1H3,(H,22,24). The monoisotopic (exact) mass is 337 g/mol. The van der Waals surface area contributed by atoms with Gasteiger partial charge in [-0.2, -0.15) is 0 Å². The van der Waals surface area contributed by atoms with Gasteiger partial charge in [0.25, 0.3) is 0 Å². The molecule has 2 heterocycles. The zero-order chi connectivity index (χ0) is 17.2. The predicted molar refractivity (Wildman–Crippen MR) is 99.1 cm³/mol. The summed E-state index contributed by atoms with van der Waals surface area (Å²) < 4.78 is 5.57. The van der Waals surface area contributed by atoms with Gasteiger partial charge in [0.1, 0.15) is 5.75 Å². The number of likely N-dealkylation sites (N-methyl/N-ethyl adjacent to an activating group) is 1. The summed E-state index contributed by atoms with van der Waals surface area (Å²) in [7, 11) is 1.86. The maximum absolute atomic E-state index is 12.5. The second-order valence-corrected chi connectivity index (χ2v) is 6.69. The van der Waals surface area contributed by atoms with Crippen LogP contribution in [0.5, 0.6) is 5.75 Å². The maximum atomic E-state index is 12.5. The quantitative estimate of drug-likeness (QED) is 0.905. The third-order valence-electron chi connectivity index (χ3n) is 5.04. The summed E-state index contributed by atoms with van der Waals surface area (Å²) in [4.78, 5) is 14.3. The molecule has 130 valence electrons. The first kappa shape index (κ1) is 16.0. The second-order valence-electron chi connectivity index (χ2n) is 6.69. The third kappa shape index (κ3) is 3.33. The SMILES string of the molecule is CN(C(=O)Nc1cccc(-c2ccc3c(c2)CCO3)c1)C1CCNC1. The number of fused-ring (bicyclic) bond motifs is 1. The third-order valence-corrected chi connectivity index (χ3v) is 5.04. The van der Waals surface area contributed by atoms with Gasteiger partial charge in [-0.25, -0.2) is 4.79 Å². The van der Waals surface area contributed by atoms with Crippen LogP contribution in [-0.2, 0) is 6.42 Å². The summed E-state index contributed by atoms with van der Waals surface area (Å²) in [6.07, 6.45) is 1.96. The van der Waals surface area contributed by atoms with E-state index in [4.69, 9.17) is 4.74 Å². The van der Waals surface area contributed by atoms with E-state index in [0.29, 0.717) is 0 Å². The van der Waals surface area contributed by atoms with Crippen LogP contribution >= 0.6 is 0 Å². The Bertz CT molecular complexity index is 784. The van der Waals surface area contributed by atoms with Crippen LogP contribution in [0.25, 0.3) is 11.1 Å². The Labute approximate surface area is 148 Å². The molecule has 25 heavy (non-hydrogen) atoms. The number of hydrogen-bond donors (Lipinski definition) is 2. The zero-order valence-electron chi connectivity index (χ0n) is 14.4. The van der Waals surface area contributed by atoms with Crippen molar-refractivity contribution in [3.63, 3.8) is 0 Å². The molecule has 0 aromatic heterocycles. The average molecular weight is 337 g/mol. The van der Waals surface area contributed by atoms with Crippen molar-refractivity contribution >= 4 is 11.7 Å². The van der Waals surface area contributed by atoms with Gasteiger partial charge in [0.2, 0.25) is 0 Å². The van der Waals surface area contributed by atoms with Crippen molar-refractivity contribution in [1.29, 1.82) is 0 Å². The lowest BCUT2D eigenvalue weighted by Crippen LogP contribution is -2.40. The molecule has 0 saturated carbocycles. The minimum atomic E-state index is -0.0618. The van der Waals surface area contributed by atoms with E-state index in [0.717, 1.165) is 55.1 Å². The molecule has 2 aromatic rings. The Morgan fingerprint density at radius 2 is 2.12 bits per heavy atom. The van der Waals surface area contributed by atoms with Crippen LogP contribution in [0.3, 0.4) is 0 Å². The van der Waals surface area contributed by atoms with Gasteiger partial charge in [-0.3, -0.25) is 0 Å². The Balaban J connectivity index is 1.50. The summed E-state index contributed by atoms with van der Waals surface area (Å²) in [6.45, 7) is 2.60. The number of carbonyl (C=O) groups is 1. The number of rotatable bonds is 3. The summed E-state index contributed by atoms with van der Waals surface area (Å²) in [5.74, 6) is 0.986. The van der Waals surface area contributed by atoms with Gasteiger partial charge in [-0.1, -0.05) is 18.2 Å². The lowest BCUT2D eigenvalue weighted by Gasteiger charge is -2.24. The molecule has 0 bridgehead atoms. The lowest BCUT2D eigenvalue weighted by atomic mass is 10.0. The number of amides is 2. The van der Waals surface area contributed by atoms with E-state index < -0.39 is 0 Å². The largest absolute Gasteiger partial charge is 0.493 e. The van der Waals surface area contributed by atoms with Crippen LogP contribution in [0.4, 0.5) is 10.5 Å². The Kier molecular flexibility index (Phi) is 4.32. The highest BCUT2D eigenvalue weighted by molar-refractivity contribution is 5.90. The van der Waals surface area contributed by atoms with Crippen LogP contribution in [-0.4, -0.2) is 43.7 Å². The molecule has 0 spiro atoms. The van der Waals surface area contributed by atoms with E-state index in [9.17, 15) is 4.79 Å². The fourth-order valence-electron chi connectivity index (χ4n) is 3.49. The highest BCUT2D eigenvalue weighted by Gasteiger charge is 2.23. The minimum Gasteiger partial charge on any atom is -0.493 e. The first-order chi connectivity index (χ1) is 12.2. The van der Waals surface area contributed by atoms with Crippen LogP contribution in [0.15, 0.2) is 42.5 Å². The maximum Gasteiger partial charge on any atom is 0.321 e. The molecular weight excluding hydrogens is 314 g/mol. The number of benzene rings is 2. The number of urea groups is 1. The van der Waals surface area contributed by atoms with E-state index >= 15 is 0 Å². The van der Waals surface area contributed by atoms with Gasteiger partial charge in [0, 0.05) is 31.7 Å². The van der Waals surface area contributed by atoms with Crippen molar-refractivity contribution in [2.75, 3.05) is 32.1 Å². The normalized spacial score (nSPS) is 18.5. The molecule has 2 N–H and O–H groups in total. The van der Waals surface area contributed by atoms with Gasteiger partial charge in [0.05, 0.1) is 6.61 Å². The molecule has 1 atom stereocenters. The smallest absolute Gasteiger partial charge is 0.321 e. The van der Waals surface area contributed by atoms with Crippen molar-refractivity contribution in [3.05, 3.63) is 48.0 Å². The van der Waals surface area contributed by atoms with Crippen molar-refractivity contribution in [1.82, 2.24) is 10.2 Å². The number of nitrogens with one attached hydrogen (secondary N) is 2. The fourth-order valence-corrected chi connectivity index (χ4v) is 3.49. The van der Waals surface area contributed by atoms with Gasteiger partial charge >= 0.3 is 6.03 Å². The molecule has 5 nitrogen and oxygen atoms in total. The number of anilines is 1. The Morgan fingerprint density at radius 1 is 1.24 bits per heavy atom. The van der Waals surface area contributed by atoms with Crippen molar-refractivity contribution in [3.8, 4) is 16.9 Å². The van der Waals surface area contributed by atoms with Crippen LogP contribution in [0, 0.1) is 0 Å². The van der Waals surface area contributed by atoms with Crippen LogP contribution in [0.1, 0.15) is 12.0 Å². The molecule has 0 radical (unpaired) electrons. The predicted octanol–water partition coefficient (Wildman–Crippen LogP) is 3.11. The molecule has 4 rings (SSSR count). The van der Waals surface area contributed by atoms with E-state index in [1.165, 1.54) is 5.56 Å². The minimum absolute atomic E-state index is 0.0618. The lowest BCUT2D eigenvalue weighted by molar-refractivity contribution is 0.208. The van der Waals surface area contributed by atoms with Crippen molar-refractivity contribution < 1.29 is 9.53 Å². The molecule has 1 saturated heterocycles. The summed E-state index contributed by atoms with van der Waals surface area (Å²) in [6, 6.07) is 14.5. The average Bonchev–Trinajstić information content (AvgIpc) is 3.32. The molecule has 2 aliphatic heterocycles. The molecule has 5 heteroatoms. The van der Waals surface area contributed by atoms with E-state index in [-0.39, 0.29) is 12.1 Å². The first-order valence-corrected chi connectivity index (χ1v) is 8.81. The van der Waals surface area contributed by atoms with E-state index in [2.05, 4.69) is 28.8 Å². The first-order valence-electron chi connectivity index (χ1n) is 8.81. The highest BCUT2D eigenvalue weighted by atomic mass is 16.5. The number of ether oxygens (including phenoxy) is 1.